The number of anilines is 1. The Bertz CT molecular complexity index is 855. The van der Waals surface area contributed by atoms with Crippen LogP contribution in [0.1, 0.15) is 24.1 Å². The molecule has 124 valence electrons. The molecule has 1 aromatic heterocycles. The average Bonchev–Trinajstić information content (AvgIpc) is 2.55. The van der Waals surface area contributed by atoms with Crippen molar-refractivity contribution < 1.29 is 13.5 Å². The predicted molar refractivity (Wildman–Crippen MR) is 89.4 cm³/mol. The highest BCUT2D eigenvalue weighted by Gasteiger charge is 2.11. The molecule has 0 spiro atoms. The molecule has 0 aliphatic rings. The minimum Gasteiger partial charge on any atom is -0.435 e. The third kappa shape index (κ3) is 3.59. The summed E-state index contributed by atoms with van der Waals surface area (Å²) in [6.07, 6.45) is 1.50. The molecule has 1 atom stereocenters. The molecule has 0 fully saturated rings. The zero-order valence-corrected chi connectivity index (χ0v) is 13.3. The van der Waals surface area contributed by atoms with E-state index in [4.69, 9.17) is 0 Å². The maximum Gasteiger partial charge on any atom is 0.387 e. The Labute approximate surface area is 138 Å². The normalized spacial score (nSPS) is 12.4. The second kappa shape index (κ2) is 6.78. The van der Waals surface area contributed by atoms with Gasteiger partial charge < -0.3 is 10.1 Å². The summed E-state index contributed by atoms with van der Waals surface area (Å²) >= 11 is 0. The summed E-state index contributed by atoms with van der Waals surface area (Å²) in [6, 6.07) is 12.5. The van der Waals surface area contributed by atoms with Gasteiger partial charge in [0.15, 0.2) is 0 Å². The standard InChI is InChI=1S/C18H17F2N3O/c1-11-6-7-16-15(8-11)17(22-10-21-16)23-12(2)13-4-3-5-14(9-13)24-18(19)20/h3-10,12,18H,1-2H3,(H,21,22,23). The van der Waals surface area contributed by atoms with Gasteiger partial charge in [0.1, 0.15) is 17.9 Å². The number of aromatic nitrogens is 2. The number of hydrogen-bond donors (Lipinski definition) is 1. The van der Waals surface area contributed by atoms with E-state index in [0.29, 0.717) is 5.82 Å². The molecule has 1 N–H and O–H groups in total. The van der Waals surface area contributed by atoms with E-state index in [1.54, 1.807) is 12.1 Å². The smallest absolute Gasteiger partial charge is 0.387 e. The number of nitrogens with zero attached hydrogens (tertiary/aromatic N) is 2. The summed E-state index contributed by atoms with van der Waals surface area (Å²) in [4.78, 5) is 8.57. The number of aryl methyl sites for hydroxylation is 1. The van der Waals surface area contributed by atoms with Gasteiger partial charge in [0.25, 0.3) is 0 Å². The van der Waals surface area contributed by atoms with Crippen molar-refractivity contribution in [3.63, 3.8) is 0 Å². The first-order valence-electron chi connectivity index (χ1n) is 7.55. The van der Waals surface area contributed by atoms with Crippen LogP contribution in [0.2, 0.25) is 0 Å². The zero-order chi connectivity index (χ0) is 17.1. The SMILES string of the molecule is Cc1ccc2ncnc(NC(C)c3cccc(OC(F)F)c3)c2c1. The zero-order valence-electron chi connectivity index (χ0n) is 13.3. The van der Waals surface area contributed by atoms with E-state index < -0.39 is 6.61 Å². The van der Waals surface area contributed by atoms with Crippen molar-refractivity contribution in [3.05, 3.63) is 59.9 Å². The molecule has 24 heavy (non-hydrogen) atoms. The molecule has 3 rings (SSSR count). The monoisotopic (exact) mass is 329 g/mol. The van der Waals surface area contributed by atoms with Crippen molar-refractivity contribution in [2.75, 3.05) is 5.32 Å². The molecule has 0 bridgehead atoms. The van der Waals surface area contributed by atoms with Crippen LogP contribution in [0.3, 0.4) is 0 Å². The van der Waals surface area contributed by atoms with E-state index in [2.05, 4.69) is 20.0 Å². The van der Waals surface area contributed by atoms with Crippen LogP contribution in [0.15, 0.2) is 48.8 Å². The lowest BCUT2D eigenvalue weighted by molar-refractivity contribution is -0.0498. The summed E-state index contributed by atoms with van der Waals surface area (Å²) in [5.41, 5.74) is 2.79. The number of fused-ring (bicyclic) bond motifs is 1. The maximum atomic E-state index is 12.4. The van der Waals surface area contributed by atoms with Gasteiger partial charge in [-0.2, -0.15) is 8.78 Å². The number of rotatable bonds is 5. The summed E-state index contributed by atoms with van der Waals surface area (Å²) in [7, 11) is 0. The lowest BCUT2D eigenvalue weighted by atomic mass is 10.1. The highest BCUT2D eigenvalue weighted by molar-refractivity contribution is 5.89. The lowest BCUT2D eigenvalue weighted by Crippen LogP contribution is -2.09. The Hall–Kier alpha value is -2.76. The van der Waals surface area contributed by atoms with Crippen molar-refractivity contribution in [3.8, 4) is 5.75 Å². The Balaban J connectivity index is 1.87. The number of nitrogens with one attached hydrogen (secondary N) is 1. The minimum absolute atomic E-state index is 0.134. The molecule has 4 nitrogen and oxygen atoms in total. The topological polar surface area (TPSA) is 47.0 Å². The number of benzene rings is 2. The van der Waals surface area contributed by atoms with E-state index in [-0.39, 0.29) is 11.8 Å². The summed E-state index contributed by atoms with van der Waals surface area (Å²) in [5, 5.41) is 4.24. The van der Waals surface area contributed by atoms with Crippen LogP contribution >= 0.6 is 0 Å². The van der Waals surface area contributed by atoms with Gasteiger partial charge in [-0.05, 0) is 43.7 Å². The van der Waals surface area contributed by atoms with Gasteiger partial charge in [-0.15, -0.1) is 0 Å². The molecule has 0 saturated heterocycles. The number of ether oxygens (including phenoxy) is 1. The Morgan fingerprint density at radius 1 is 1.08 bits per heavy atom. The van der Waals surface area contributed by atoms with Gasteiger partial charge >= 0.3 is 6.61 Å². The number of halogens is 2. The van der Waals surface area contributed by atoms with Crippen LogP contribution in [0, 0.1) is 6.92 Å². The average molecular weight is 329 g/mol. The second-order valence-corrected chi connectivity index (χ2v) is 5.56. The van der Waals surface area contributed by atoms with Gasteiger partial charge in [0, 0.05) is 5.39 Å². The fourth-order valence-electron chi connectivity index (χ4n) is 2.53. The molecule has 1 unspecified atom stereocenters. The van der Waals surface area contributed by atoms with Crippen LogP contribution in [-0.4, -0.2) is 16.6 Å². The fraction of sp³-hybridized carbons (Fsp3) is 0.222. The van der Waals surface area contributed by atoms with Crippen molar-refractivity contribution in [1.29, 1.82) is 0 Å². The quantitative estimate of drug-likeness (QED) is 0.736. The first-order chi connectivity index (χ1) is 11.5. The first-order valence-corrected chi connectivity index (χ1v) is 7.55. The van der Waals surface area contributed by atoms with Crippen molar-refractivity contribution in [1.82, 2.24) is 9.97 Å². The molecule has 2 aromatic carbocycles. The van der Waals surface area contributed by atoms with Crippen LogP contribution < -0.4 is 10.1 Å². The lowest BCUT2D eigenvalue weighted by Gasteiger charge is -2.17. The van der Waals surface area contributed by atoms with Crippen LogP contribution in [0.5, 0.6) is 5.75 Å². The highest BCUT2D eigenvalue weighted by atomic mass is 19.3. The van der Waals surface area contributed by atoms with Crippen LogP contribution in [0.25, 0.3) is 10.9 Å². The maximum absolute atomic E-state index is 12.4. The fourth-order valence-corrected chi connectivity index (χ4v) is 2.53. The van der Waals surface area contributed by atoms with Crippen LogP contribution in [-0.2, 0) is 0 Å². The number of alkyl halides is 2. The summed E-state index contributed by atoms with van der Waals surface area (Å²) < 4.78 is 29.2. The van der Waals surface area contributed by atoms with E-state index in [1.807, 2.05) is 38.1 Å². The molecule has 3 aromatic rings. The van der Waals surface area contributed by atoms with Gasteiger partial charge in [-0.3, -0.25) is 0 Å². The molecule has 1 heterocycles. The van der Waals surface area contributed by atoms with Gasteiger partial charge in [-0.25, -0.2) is 9.97 Å². The Morgan fingerprint density at radius 2 is 1.92 bits per heavy atom. The van der Waals surface area contributed by atoms with Crippen molar-refractivity contribution >= 4 is 16.7 Å². The molecule has 0 aliphatic carbocycles. The van der Waals surface area contributed by atoms with E-state index in [1.165, 1.54) is 12.4 Å². The van der Waals surface area contributed by atoms with Crippen molar-refractivity contribution in [2.24, 2.45) is 0 Å². The third-order valence-electron chi connectivity index (χ3n) is 3.73. The molecular formula is C18H17F2N3O. The van der Waals surface area contributed by atoms with Gasteiger partial charge in [-0.1, -0.05) is 23.8 Å². The first kappa shape index (κ1) is 16.1. The largest absolute Gasteiger partial charge is 0.435 e. The van der Waals surface area contributed by atoms with E-state index in [9.17, 15) is 8.78 Å². The molecule has 6 heteroatoms. The third-order valence-corrected chi connectivity index (χ3v) is 3.73. The van der Waals surface area contributed by atoms with E-state index in [0.717, 1.165) is 22.0 Å². The van der Waals surface area contributed by atoms with E-state index >= 15 is 0 Å². The highest BCUT2D eigenvalue weighted by Crippen LogP contribution is 2.26. The Kier molecular flexibility index (Phi) is 4.55. The number of hydrogen-bond acceptors (Lipinski definition) is 4. The second-order valence-electron chi connectivity index (χ2n) is 5.56. The van der Waals surface area contributed by atoms with Gasteiger partial charge in [0.2, 0.25) is 0 Å². The molecule has 0 saturated carbocycles. The van der Waals surface area contributed by atoms with Crippen LogP contribution in [0.4, 0.5) is 14.6 Å². The molecular weight excluding hydrogens is 312 g/mol. The molecule has 0 radical (unpaired) electrons. The molecule has 0 amide bonds. The predicted octanol–water partition coefficient (Wildman–Crippen LogP) is 4.71. The summed E-state index contributed by atoms with van der Waals surface area (Å²) in [5.74, 6) is 0.843. The summed E-state index contributed by atoms with van der Waals surface area (Å²) in [6.45, 7) is 1.10. The van der Waals surface area contributed by atoms with Crippen molar-refractivity contribution in [2.45, 2.75) is 26.5 Å². The molecule has 0 aliphatic heterocycles. The van der Waals surface area contributed by atoms with Gasteiger partial charge in [0.05, 0.1) is 11.6 Å². The Morgan fingerprint density at radius 3 is 2.71 bits per heavy atom. The minimum atomic E-state index is -2.84.